The third-order valence-electron chi connectivity index (χ3n) is 16.7. The minimum absolute atomic E-state index is 0.0246. The first-order valence-electron chi connectivity index (χ1n) is 37.6. The lowest BCUT2D eigenvalue weighted by Gasteiger charge is -2.27. The average molecular weight is 1190 g/mol. The van der Waals surface area contributed by atoms with Gasteiger partial charge in [-0.05, 0) is 133 Å². The predicted octanol–water partition coefficient (Wildman–Crippen LogP) is 23.2. The van der Waals surface area contributed by atoms with Gasteiger partial charge in [-0.3, -0.25) is 4.57 Å². The number of hydrogen-bond acceptors (Lipinski definition) is 5. The summed E-state index contributed by atoms with van der Waals surface area (Å²) in [6.07, 6.45) is 1.71. The highest BCUT2D eigenvalue weighted by Crippen LogP contribution is 2.51. The number of para-hydroxylation sites is 3. The molecular formula is C84H74N4O2. The van der Waals surface area contributed by atoms with Gasteiger partial charge in [-0.2, -0.15) is 0 Å². The summed E-state index contributed by atoms with van der Waals surface area (Å²) >= 11 is 0. The maximum Gasteiger partial charge on any atom is 0.143 e. The maximum absolute atomic E-state index is 9.18. The monoisotopic (exact) mass is 1190 g/mol. The van der Waals surface area contributed by atoms with E-state index in [9.17, 15) is 5.48 Å². The molecule has 0 N–H and O–H groups in total. The van der Waals surface area contributed by atoms with Gasteiger partial charge < -0.3 is 19.3 Å². The Morgan fingerprint density at radius 3 is 1.48 bits per heavy atom. The van der Waals surface area contributed by atoms with Gasteiger partial charge >= 0.3 is 0 Å². The molecule has 6 nitrogen and oxygen atoms in total. The van der Waals surface area contributed by atoms with Gasteiger partial charge in [-0.15, -0.1) is 0 Å². The predicted molar refractivity (Wildman–Crippen MR) is 377 cm³/mol. The van der Waals surface area contributed by atoms with Crippen LogP contribution >= 0.6 is 0 Å². The number of ether oxygens (including phenoxy) is 2. The van der Waals surface area contributed by atoms with E-state index in [1.54, 1.807) is 30.5 Å². The van der Waals surface area contributed by atoms with E-state index in [4.69, 9.17) is 29.5 Å². The van der Waals surface area contributed by atoms with Gasteiger partial charge in [0.05, 0.1) is 48.7 Å². The fraction of sp³-hybridized carbons (Fsp3) is 0.155. The molecule has 1 aliphatic rings. The van der Waals surface area contributed by atoms with Crippen LogP contribution in [0.5, 0.6) is 23.0 Å². The third kappa shape index (κ3) is 11.1. The molecule has 0 radical (unpaired) electrons. The fourth-order valence-corrected chi connectivity index (χ4v) is 11.9. The summed E-state index contributed by atoms with van der Waals surface area (Å²) in [6, 6.07) is 48.9. The molecule has 0 fully saturated rings. The minimum atomic E-state index is -0.588. The Hall–Kier alpha value is -10.4. The fourth-order valence-electron chi connectivity index (χ4n) is 11.9. The highest BCUT2D eigenvalue weighted by atomic mass is 16.5. The number of nitrogens with zero attached hydrogens (tertiary/aromatic N) is 4. The Labute approximate surface area is 551 Å². The second-order valence-electron chi connectivity index (χ2n) is 25.8. The molecule has 90 heavy (non-hydrogen) atoms. The molecule has 442 valence electrons. The Morgan fingerprint density at radius 2 is 0.900 bits per heavy atom. The first-order valence-corrected chi connectivity index (χ1v) is 30.1. The summed E-state index contributed by atoms with van der Waals surface area (Å²) in [5.41, 5.74) is 10.9. The van der Waals surface area contributed by atoms with Gasteiger partial charge in [-0.25, -0.2) is 4.98 Å². The normalized spacial score (nSPS) is 15.0. The van der Waals surface area contributed by atoms with Crippen LogP contribution in [0.15, 0.2) is 273 Å². The van der Waals surface area contributed by atoms with Crippen LogP contribution in [0.1, 0.15) is 99.6 Å². The van der Waals surface area contributed by atoms with Crippen LogP contribution in [-0.4, -0.2) is 16.2 Å². The second kappa shape index (κ2) is 22.9. The number of pyridine rings is 1. The van der Waals surface area contributed by atoms with E-state index in [0.29, 0.717) is 67.9 Å². The smallest absolute Gasteiger partial charge is 0.143 e. The molecule has 0 amide bonds. The number of hydrogen-bond donors (Lipinski definition) is 0. The molecule has 2 aromatic heterocycles. The van der Waals surface area contributed by atoms with E-state index in [2.05, 4.69) is 123 Å². The first kappa shape index (κ1) is 42.5. The molecule has 0 spiro atoms. The van der Waals surface area contributed by atoms with E-state index >= 15 is 0 Å². The van der Waals surface area contributed by atoms with Crippen molar-refractivity contribution >= 4 is 44.6 Å². The number of aromatic nitrogens is 2. The van der Waals surface area contributed by atoms with Crippen molar-refractivity contribution in [3.63, 3.8) is 0 Å². The van der Waals surface area contributed by atoms with Gasteiger partial charge in [0.15, 0.2) is 0 Å². The minimum Gasteiger partial charge on any atom is -0.457 e. The highest BCUT2D eigenvalue weighted by Gasteiger charge is 2.32. The van der Waals surface area contributed by atoms with E-state index in [1.807, 2.05) is 105 Å². The van der Waals surface area contributed by atoms with Crippen molar-refractivity contribution in [2.24, 2.45) is 0 Å². The third-order valence-corrected chi connectivity index (χ3v) is 16.7. The van der Waals surface area contributed by atoms with Crippen molar-refractivity contribution in [1.29, 1.82) is 0 Å². The van der Waals surface area contributed by atoms with Gasteiger partial charge in [0.1, 0.15) is 35.5 Å². The molecule has 11 aromatic carbocycles. The summed E-state index contributed by atoms with van der Waals surface area (Å²) in [7, 11) is 0. The van der Waals surface area contributed by atoms with Crippen molar-refractivity contribution < 1.29 is 30.0 Å². The van der Waals surface area contributed by atoms with Crippen LogP contribution in [0.25, 0.3) is 83.3 Å². The van der Waals surface area contributed by atoms with Crippen molar-refractivity contribution in [1.82, 2.24) is 9.55 Å². The number of fused-ring (bicyclic) bond motifs is 4. The van der Waals surface area contributed by atoms with Crippen molar-refractivity contribution in [3.05, 3.63) is 289 Å². The Kier molecular flexibility index (Phi) is 10.8. The zero-order chi connectivity index (χ0) is 74.9. The van der Waals surface area contributed by atoms with E-state index in [-0.39, 0.29) is 68.5 Å². The molecule has 0 bridgehead atoms. The largest absolute Gasteiger partial charge is 0.457 e. The molecule has 0 saturated heterocycles. The Balaban J connectivity index is 0.899. The molecule has 13 aromatic rings. The van der Waals surface area contributed by atoms with Gasteiger partial charge in [0, 0.05) is 63.1 Å². The molecule has 1 aliphatic heterocycles. The summed E-state index contributed by atoms with van der Waals surface area (Å²) in [5, 5.41) is 1.42. The SMILES string of the molecule is [2H]c1c([2H])c([2H])c(-c2ccc3c(c2)c2ccc(Oc4cccc(N5CN(c6c(-c7c([2H])c([2H])c([2H])c([2H])c7[2H])cccc6-c6c([2H])c([2H])c([2H])c([2H])c6[2H])c6ccccc65)c4)cc2n3-c2cc(Oc3c(-c4ccc(C(C)(C)C)cc4)cc(C(C)(C)C)cc3-c3ccc(C(C)(C)C)cc3)ccn2)c([2H])c1[2H]. The topological polar surface area (TPSA) is 42.8 Å². The number of rotatable bonds is 12. The molecule has 0 atom stereocenters. The summed E-state index contributed by atoms with van der Waals surface area (Å²) in [5.74, 6) is 2.46. The standard InChI is InChI=1S/C84H74N4O2/c1-82(2,3)62-40-35-59(36-41-62)72-50-64(84(7,8)9)51-73(60-37-42-63(43-38-60)83(4,5)6)81(72)90-68-47-48-85-79(54-68)88-75-46-39-61(56-23-13-10-14-24-56)49-74(75)71-45-44-67(53-78(71)88)89-66-30-21-29-65(52-66)86-55-87(77-34-20-19-33-76(77)86)80-69(57-25-15-11-16-26-57)31-22-32-70(80)58-27-17-12-18-28-58/h10-54H,55H2,1-9H3/i10D,11D,12D,13D,14D,15D,16D,17D,18D,23D,24D,25D,26D,27D,28D. The molecule has 6 heteroatoms. The Morgan fingerprint density at radius 1 is 0.378 bits per heavy atom. The van der Waals surface area contributed by atoms with Gasteiger partial charge in [-0.1, -0.05) is 244 Å². The van der Waals surface area contributed by atoms with Crippen molar-refractivity contribution in [2.75, 3.05) is 16.5 Å². The first-order chi connectivity index (χ1) is 49.7. The number of anilines is 4. The molecule has 0 saturated carbocycles. The van der Waals surface area contributed by atoms with Crippen LogP contribution in [0.3, 0.4) is 0 Å². The molecule has 0 unspecified atom stereocenters. The summed E-state index contributed by atoms with van der Waals surface area (Å²) in [4.78, 5) is 8.91. The highest BCUT2D eigenvalue weighted by molar-refractivity contribution is 6.11. The van der Waals surface area contributed by atoms with Gasteiger partial charge in [0.2, 0.25) is 0 Å². The van der Waals surface area contributed by atoms with Crippen molar-refractivity contribution in [2.45, 2.75) is 78.6 Å². The molecule has 14 rings (SSSR count). The summed E-state index contributed by atoms with van der Waals surface area (Å²) < 4.78 is 148. The van der Waals surface area contributed by atoms with Crippen LogP contribution < -0.4 is 19.3 Å². The molecule has 3 heterocycles. The maximum atomic E-state index is 9.18. The van der Waals surface area contributed by atoms with Crippen LogP contribution in [0.2, 0.25) is 0 Å². The van der Waals surface area contributed by atoms with E-state index < -0.39 is 78.6 Å². The number of benzene rings is 11. The molecular weight excluding hydrogens is 1100 g/mol. The van der Waals surface area contributed by atoms with Crippen molar-refractivity contribution in [3.8, 4) is 84.5 Å². The molecule has 0 aliphatic carbocycles. The van der Waals surface area contributed by atoms with Crippen LogP contribution in [0, 0.1) is 0 Å². The quantitative estimate of drug-likeness (QED) is 0.122. The van der Waals surface area contributed by atoms with E-state index in [0.717, 1.165) is 33.2 Å². The second-order valence-corrected chi connectivity index (χ2v) is 25.8. The average Bonchev–Trinajstić information content (AvgIpc) is 1.72. The lowest BCUT2D eigenvalue weighted by molar-refractivity contribution is 0.483. The Bertz CT molecular complexity index is 5490. The van der Waals surface area contributed by atoms with Crippen LogP contribution in [-0.2, 0) is 16.2 Å². The lowest BCUT2D eigenvalue weighted by atomic mass is 9.81. The zero-order valence-electron chi connectivity index (χ0n) is 66.6. The zero-order valence-corrected chi connectivity index (χ0v) is 51.6. The van der Waals surface area contributed by atoms with E-state index in [1.165, 1.54) is 11.1 Å². The van der Waals surface area contributed by atoms with Crippen LogP contribution in [0.4, 0.5) is 22.7 Å². The van der Waals surface area contributed by atoms with Gasteiger partial charge in [0.25, 0.3) is 0 Å². The lowest BCUT2D eigenvalue weighted by Crippen LogP contribution is -2.24. The summed E-state index contributed by atoms with van der Waals surface area (Å²) in [6.45, 7) is 19.9.